The summed E-state index contributed by atoms with van der Waals surface area (Å²) in [5.41, 5.74) is 11.5. The molecule has 2 aliphatic rings. The van der Waals surface area contributed by atoms with Gasteiger partial charge in [0.15, 0.2) is 0 Å². The average molecular weight is 309 g/mol. The van der Waals surface area contributed by atoms with Gasteiger partial charge in [-0.25, -0.2) is 8.42 Å². The lowest BCUT2D eigenvalue weighted by atomic mass is 9.98. The van der Waals surface area contributed by atoms with Crippen LogP contribution in [0.2, 0.25) is 0 Å². The van der Waals surface area contributed by atoms with Gasteiger partial charge in [-0.1, -0.05) is 6.07 Å². The highest BCUT2D eigenvalue weighted by atomic mass is 32.2. The van der Waals surface area contributed by atoms with Crippen molar-refractivity contribution in [1.29, 1.82) is 0 Å². The Balaban J connectivity index is 1.88. The Morgan fingerprint density at radius 2 is 2.00 bits per heavy atom. The van der Waals surface area contributed by atoms with E-state index in [-0.39, 0.29) is 22.4 Å². The highest BCUT2D eigenvalue weighted by molar-refractivity contribution is 7.89. The van der Waals surface area contributed by atoms with Crippen LogP contribution in [-0.4, -0.2) is 37.8 Å². The number of benzene rings is 1. The zero-order chi connectivity index (χ0) is 15.2. The molecule has 1 aromatic rings. The van der Waals surface area contributed by atoms with Gasteiger partial charge >= 0.3 is 0 Å². The second-order valence-corrected chi connectivity index (χ2v) is 7.82. The Labute approximate surface area is 124 Å². The van der Waals surface area contributed by atoms with Gasteiger partial charge in [0.05, 0.1) is 4.90 Å². The van der Waals surface area contributed by atoms with Crippen LogP contribution in [0.25, 0.3) is 0 Å². The summed E-state index contributed by atoms with van der Waals surface area (Å²) in [5.74, 6) is -0.0273. The molecule has 1 aliphatic carbocycles. The fourth-order valence-corrected chi connectivity index (χ4v) is 5.00. The monoisotopic (exact) mass is 309 g/mol. The Bertz CT molecular complexity index is 674. The van der Waals surface area contributed by atoms with Crippen LogP contribution < -0.4 is 11.5 Å². The highest BCUT2D eigenvalue weighted by Crippen LogP contribution is 2.39. The van der Waals surface area contributed by atoms with E-state index in [1.165, 1.54) is 28.6 Å². The number of amides is 1. The van der Waals surface area contributed by atoms with Crippen LogP contribution in [0.5, 0.6) is 0 Å². The van der Waals surface area contributed by atoms with E-state index in [9.17, 15) is 13.2 Å². The molecule has 1 saturated heterocycles. The van der Waals surface area contributed by atoms with E-state index >= 15 is 0 Å². The third-order valence-electron chi connectivity index (χ3n) is 4.64. The summed E-state index contributed by atoms with van der Waals surface area (Å²) < 4.78 is 26.8. The summed E-state index contributed by atoms with van der Waals surface area (Å²) in [6.45, 7) is 0.983. The molecule has 7 heteroatoms. The van der Waals surface area contributed by atoms with Gasteiger partial charge in [-0.05, 0) is 42.9 Å². The van der Waals surface area contributed by atoms with E-state index in [0.717, 1.165) is 12.8 Å². The van der Waals surface area contributed by atoms with E-state index in [1.807, 2.05) is 0 Å². The first-order valence-electron chi connectivity index (χ1n) is 7.05. The van der Waals surface area contributed by atoms with Gasteiger partial charge in [-0.3, -0.25) is 4.79 Å². The van der Waals surface area contributed by atoms with E-state index in [2.05, 4.69) is 0 Å². The molecule has 1 heterocycles. The number of nitrogens with two attached hydrogens (primary N) is 2. The second-order valence-electron chi connectivity index (χ2n) is 5.88. The molecular weight excluding hydrogens is 290 g/mol. The number of carbonyl (C=O) groups excluding carboxylic acids is 1. The first-order chi connectivity index (χ1) is 9.89. The summed E-state index contributed by atoms with van der Waals surface area (Å²) in [4.78, 5) is 11.3. The summed E-state index contributed by atoms with van der Waals surface area (Å²) in [6.07, 6.45) is 1.96. The fraction of sp³-hybridized carbons (Fsp3) is 0.500. The lowest BCUT2D eigenvalue weighted by Gasteiger charge is -2.18. The number of rotatable bonds is 3. The molecule has 0 bridgehead atoms. The average Bonchev–Trinajstić information content (AvgIpc) is 3.02. The van der Waals surface area contributed by atoms with Crippen LogP contribution in [0, 0.1) is 11.8 Å². The van der Waals surface area contributed by atoms with Crippen molar-refractivity contribution in [3.8, 4) is 0 Å². The number of fused-ring (bicyclic) bond motifs is 1. The second kappa shape index (κ2) is 5.08. The molecule has 0 radical (unpaired) electrons. The van der Waals surface area contributed by atoms with Crippen LogP contribution in [0.4, 0.5) is 0 Å². The number of sulfonamides is 1. The SMILES string of the molecule is NC(=O)c1cccc(S(=O)(=O)N2CC3CCC(N)C3C2)c1. The van der Waals surface area contributed by atoms with Crippen molar-refractivity contribution in [2.24, 2.45) is 23.3 Å². The van der Waals surface area contributed by atoms with Gasteiger partial charge in [0.25, 0.3) is 0 Å². The molecular formula is C14H19N3O3S. The fourth-order valence-electron chi connectivity index (χ4n) is 3.42. The lowest BCUT2D eigenvalue weighted by molar-refractivity contribution is 0.1000. The van der Waals surface area contributed by atoms with E-state index in [0.29, 0.717) is 19.0 Å². The summed E-state index contributed by atoms with van der Waals surface area (Å²) in [5, 5.41) is 0. The standard InChI is InChI=1S/C14H19N3O3S/c15-13-5-4-10-7-17(8-12(10)13)21(19,20)11-3-1-2-9(6-11)14(16)18/h1-3,6,10,12-13H,4-5,7-8,15H2,(H2,16,18). The quantitative estimate of drug-likeness (QED) is 0.828. The molecule has 1 amide bonds. The van der Waals surface area contributed by atoms with Crippen molar-refractivity contribution < 1.29 is 13.2 Å². The molecule has 3 rings (SSSR count). The van der Waals surface area contributed by atoms with Gasteiger partial charge < -0.3 is 11.5 Å². The van der Waals surface area contributed by atoms with Crippen molar-refractivity contribution in [2.45, 2.75) is 23.8 Å². The third-order valence-corrected chi connectivity index (χ3v) is 6.46. The highest BCUT2D eigenvalue weighted by Gasteiger charge is 2.45. The minimum atomic E-state index is -3.59. The van der Waals surface area contributed by atoms with E-state index in [1.54, 1.807) is 0 Å². The third kappa shape index (κ3) is 2.45. The van der Waals surface area contributed by atoms with Gasteiger partial charge in [-0.2, -0.15) is 4.31 Å². The van der Waals surface area contributed by atoms with Gasteiger partial charge in [0.2, 0.25) is 15.9 Å². The number of carbonyl (C=O) groups is 1. The van der Waals surface area contributed by atoms with Crippen molar-refractivity contribution >= 4 is 15.9 Å². The molecule has 4 N–H and O–H groups in total. The molecule has 6 nitrogen and oxygen atoms in total. The predicted molar refractivity (Wildman–Crippen MR) is 77.9 cm³/mol. The number of hydrogen-bond acceptors (Lipinski definition) is 4. The topological polar surface area (TPSA) is 106 Å². The Morgan fingerprint density at radius 1 is 1.24 bits per heavy atom. The number of primary amides is 1. The zero-order valence-electron chi connectivity index (χ0n) is 11.6. The van der Waals surface area contributed by atoms with Crippen molar-refractivity contribution in [1.82, 2.24) is 4.31 Å². The minimum Gasteiger partial charge on any atom is -0.366 e. The largest absolute Gasteiger partial charge is 0.366 e. The van der Waals surface area contributed by atoms with Gasteiger partial charge in [-0.15, -0.1) is 0 Å². The van der Waals surface area contributed by atoms with Gasteiger partial charge in [0.1, 0.15) is 0 Å². The molecule has 2 fully saturated rings. The summed E-state index contributed by atoms with van der Waals surface area (Å²) in [7, 11) is -3.59. The molecule has 3 atom stereocenters. The number of hydrogen-bond donors (Lipinski definition) is 2. The molecule has 3 unspecified atom stereocenters. The first-order valence-corrected chi connectivity index (χ1v) is 8.49. The Kier molecular flexibility index (Phi) is 3.51. The Morgan fingerprint density at radius 3 is 2.67 bits per heavy atom. The van der Waals surface area contributed by atoms with Crippen molar-refractivity contribution in [2.75, 3.05) is 13.1 Å². The Hall–Kier alpha value is -1.44. The van der Waals surface area contributed by atoms with Crippen molar-refractivity contribution in [3.05, 3.63) is 29.8 Å². The molecule has 1 aromatic carbocycles. The van der Waals surface area contributed by atoms with Crippen LogP contribution in [-0.2, 0) is 10.0 Å². The summed E-state index contributed by atoms with van der Waals surface area (Å²) in [6, 6.07) is 5.97. The van der Waals surface area contributed by atoms with E-state index in [4.69, 9.17) is 11.5 Å². The predicted octanol–water partition coefficient (Wildman–Crippen LogP) is 0.143. The molecule has 0 aromatic heterocycles. The molecule has 1 aliphatic heterocycles. The molecule has 1 saturated carbocycles. The lowest BCUT2D eigenvalue weighted by Crippen LogP contribution is -2.33. The summed E-state index contributed by atoms with van der Waals surface area (Å²) >= 11 is 0. The van der Waals surface area contributed by atoms with Crippen LogP contribution in [0.3, 0.4) is 0 Å². The van der Waals surface area contributed by atoms with Gasteiger partial charge in [0, 0.05) is 24.7 Å². The first kappa shape index (κ1) is 14.5. The maximum Gasteiger partial charge on any atom is 0.248 e. The normalized spacial score (nSPS) is 29.5. The van der Waals surface area contributed by atoms with Crippen molar-refractivity contribution in [3.63, 3.8) is 0 Å². The number of nitrogens with zero attached hydrogens (tertiary/aromatic N) is 1. The van der Waals surface area contributed by atoms with E-state index < -0.39 is 15.9 Å². The van der Waals surface area contributed by atoms with Crippen LogP contribution in [0.15, 0.2) is 29.2 Å². The molecule has 0 spiro atoms. The maximum absolute atomic E-state index is 12.7. The maximum atomic E-state index is 12.7. The zero-order valence-corrected chi connectivity index (χ0v) is 12.4. The van der Waals surface area contributed by atoms with Crippen LogP contribution in [0.1, 0.15) is 23.2 Å². The molecule has 114 valence electrons. The smallest absolute Gasteiger partial charge is 0.248 e. The van der Waals surface area contributed by atoms with Crippen LogP contribution >= 0.6 is 0 Å². The minimum absolute atomic E-state index is 0.0900. The molecule has 21 heavy (non-hydrogen) atoms.